The maximum atomic E-state index is 12.5. The third kappa shape index (κ3) is 3.92. The van der Waals surface area contributed by atoms with Crippen molar-refractivity contribution < 1.29 is 19.0 Å². The van der Waals surface area contributed by atoms with E-state index in [9.17, 15) is 4.79 Å². The highest BCUT2D eigenvalue weighted by Gasteiger charge is 2.17. The lowest BCUT2D eigenvalue weighted by Gasteiger charge is -2.17. The van der Waals surface area contributed by atoms with E-state index in [1.165, 1.54) is 7.11 Å². The average molecular weight is 350 g/mol. The molecule has 0 aliphatic carbocycles. The van der Waals surface area contributed by atoms with Gasteiger partial charge in [0.05, 0.1) is 32.9 Å². The first kappa shape index (κ1) is 17.9. The number of ether oxygens (including phenoxy) is 3. The molecule has 1 amide bonds. The van der Waals surface area contributed by atoms with E-state index in [1.807, 2.05) is 19.1 Å². The minimum Gasteiger partial charge on any atom is -0.496 e. The molecule has 2 aromatic rings. The summed E-state index contributed by atoms with van der Waals surface area (Å²) in [6.45, 7) is 1.89. The fraction of sp³-hybridized carbons (Fsp3) is 0.278. The van der Waals surface area contributed by atoms with Gasteiger partial charge in [0.2, 0.25) is 0 Å². The van der Waals surface area contributed by atoms with Crippen molar-refractivity contribution in [2.75, 3.05) is 21.3 Å². The summed E-state index contributed by atoms with van der Waals surface area (Å²) in [7, 11) is 4.66. The molecule has 1 atom stereocenters. The zero-order valence-electron chi connectivity index (χ0n) is 14.1. The highest BCUT2D eigenvalue weighted by molar-refractivity contribution is 6.31. The lowest BCUT2D eigenvalue weighted by molar-refractivity contribution is 0.0937. The topological polar surface area (TPSA) is 56.8 Å². The van der Waals surface area contributed by atoms with Crippen molar-refractivity contribution in [3.8, 4) is 17.2 Å². The molecule has 0 aliphatic rings. The Morgan fingerprint density at radius 3 is 2.21 bits per heavy atom. The highest BCUT2D eigenvalue weighted by Crippen LogP contribution is 2.30. The Kier molecular flexibility index (Phi) is 5.93. The van der Waals surface area contributed by atoms with Crippen molar-refractivity contribution in [1.29, 1.82) is 0 Å². The SMILES string of the molecule is COc1ccc([C@@H](C)NC(=O)c2cc(Cl)ccc2OC)cc1OC. The molecule has 2 aromatic carbocycles. The molecule has 0 saturated heterocycles. The molecule has 1 N–H and O–H groups in total. The van der Waals surface area contributed by atoms with Crippen LogP contribution in [0.15, 0.2) is 36.4 Å². The van der Waals surface area contributed by atoms with Crippen molar-refractivity contribution in [2.45, 2.75) is 13.0 Å². The second kappa shape index (κ2) is 7.93. The number of carbonyl (C=O) groups is 1. The average Bonchev–Trinajstić information content (AvgIpc) is 2.60. The van der Waals surface area contributed by atoms with E-state index in [1.54, 1.807) is 38.5 Å². The van der Waals surface area contributed by atoms with Crippen molar-refractivity contribution in [1.82, 2.24) is 5.32 Å². The lowest BCUT2D eigenvalue weighted by atomic mass is 10.1. The smallest absolute Gasteiger partial charge is 0.255 e. The largest absolute Gasteiger partial charge is 0.496 e. The number of hydrogen-bond donors (Lipinski definition) is 1. The van der Waals surface area contributed by atoms with E-state index in [4.69, 9.17) is 25.8 Å². The molecule has 0 spiro atoms. The van der Waals surface area contributed by atoms with Crippen molar-refractivity contribution in [2.24, 2.45) is 0 Å². The number of benzene rings is 2. The van der Waals surface area contributed by atoms with Gasteiger partial charge in [-0.3, -0.25) is 4.79 Å². The minimum absolute atomic E-state index is 0.235. The summed E-state index contributed by atoms with van der Waals surface area (Å²) in [5, 5.41) is 3.40. The molecular formula is C18H20ClNO4. The zero-order chi connectivity index (χ0) is 17.7. The molecule has 5 nitrogen and oxygen atoms in total. The first-order chi connectivity index (χ1) is 11.5. The Balaban J connectivity index is 2.22. The fourth-order valence-electron chi connectivity index (χ4n) is 2.34. The number of rotatable bonds is 6. The first-order valence-electron chi connectivity index (χ1n) is 7.36. The van der Waals surface area contributed by atoms with Crippen molar-refractivity contribution in [3.63, 3.8) is 0 Å². The lowest BCUT2D eigenvalue weighted by Crippen LogP contribution is -2.27. The highest BCUT2D eigenvalue weighted by atomic mass is 35.5. The van der Waals surface area contributed by atoms with Gasteiger partial charge in [-0.05, 0) is 42.8 Å². The van der Waals surface area contributed by atoms with Crippen LogP contribution >= 0.6 is 11.6 Å². The van der Waals surface area contributed by atoms with Gasteiger partial charge in [-0.25, -0.2) is 0 Å². The van der Waals surface area contributed by atoms with Crippen molar-refractivity contribution in [3.05, 3.63) is 52.5 Å². The molecule has 0 aromatic heterocycles. The monoisotopic (exact) mass is 349 g/mol. The number of carbonyl (C=O) groups excluding carboxylic acids is 1. The Hall–Kier alpha value is -2.40. The molecule has 24 heavy (non-hydrogen) atoms. The third-order valence-corrected chi connectivity index (χ3v) is 3.90. The van der Waals surface area contributed by atoms with E-state index >= 15 is 0 Å². The van der Waals surface area contributed by atoms with Crippen LogP contribution in [0.5, 0.6) is 17.2 Å². The van der Waals surface area contributed by atoms with Crippen LogP contribution in [0.25, 0.3) is 0 Å². The fourth-order valence-corrected chi connectivity index (χ4v) is 2.51. The van der Waals surface area contributed by atoms with Gasteiger partial charge in [0.1, 0.15) is 5.75 Å². The van der Waals surface area contributed by atoms with E-state index in [-0.39, 0.29) is 11.9 Å². The molecule has 2 rings (SSSR count). The summed E-state index contributed by atoms with van der Waals surface area (Å²) < 4.78 is 15.7. The Bertz CT molecular complexity index is 733. The number of hydrogen-bond acceptors (Lipinski definition) is 4. The predicted molar refractivity (Wildman–Crippen MR) is 93.4 cm³/mol. The Labute approximate surface area is 146 Å². The first-order valence-corrected chi connectivity index (χ1v) is 7.74. The molecule has 0 fully saturated rings. The molecule has 0 radical (unpaired) electrons. The van der Waals surface area contributed by atoms with Gasteiger partial charge in [-0.15, -0.1) is 0 Å². The van der Waals surface area contributed by atoms with E-state index in [2.05, 4.69) is 5.32 Å². The summed E-state index contributed by atoms with van der Waals surface area (Å²) in [5.41, 5.74) is 1.28. The predicted octanol–water partition coefficient (Wildman–Crippen LogP) is 3.86. The maximum Gasteiger partial charge on any atom is 0.255 e. The summed E-state index contributed by atoms with van der Waals surface area (Å²) in [5.74, 6) is 1.45. The van der Waals surface area contributed by atoms with E-state index in [0.29, 0.717) is 27.8 Å². The molecule has 6 heteroatoms. The number of amides is 1. The van der Waals surface area contributed by atoms with E-state index in [0.717, 1.165) is 5.56 Å². The third-order valence-electron chi connectivity index (χ3n) is 3.66. The van der Waals surface area contributed by atoms with Crippen LogP contribution in [0.4, 0.5) is 0 Å². The maximum absolute atomic E-state index is 12.5. The molecular weight excluding hydrogens is 330 g/mol. The summed E-state index contributed by atoms with van der Waals surface area (Å²) in [6.07, 6.45) is 0. The zero-order valence-corrected chi connectivity index (χ0v) is 14.8. The molecule has 0 unspecified atom stereocenters. The quantitative estimate of drug-likeness (QED) is 0.860. The summed E-state index contributed by atoms with van der Waals surface area (Å²) in [6, 6.07) is 10.2. The normalized spacial score (nSPS) is 11.5. The summed E-state index contributed by atoms with van der Waals surface area (Å²) in [4.78, 5) is 12.5. The van der Waals surface area contributed by atoms with Crippen LogP contribution in [0, 0.1) is 0 Å². The molecule has 0 saturated carbocycles. The van der Waals surface area contributed by atoms with Crippen LogP contribution < -0.4 is 19.5 Å². The van der Waals surface area contributed by atoms with Gasteiger partial charge in [0.15, 0.2) is 11.5 Å². The second-order valence-electron chi connectivity index (χ2n) is 5.15. The van der Waals surface area contributed by atoms with Crippen LogP contribution in [0.2, 0.25) is 5.02 Å². The van der Waals surface area contributed by atoms with Crippen LogP contribution in [-0.2, 0) is 0 Å². The standard InChI is InChI=1S/C18H20ClNO4/c1-11(12-5-7-16(23-3)17(9-12)24-4)20-18(21)14-10-13(19)6-8-15(14)22-2/h5-11H,1-4H3,(H,20,21)/t11-/m1/s1. The van der Waals surface area contributed by atoms with Gasteiger partial charge in [0.25, 0.3) is 5.91 Å². The Morgan fingerprint density at radius 2 is 1.58 bits per heavy atom. The van der Waals surface area contributed by atoms with Crippen LogP contribution in [0.3, 0.4) is 0 Å². The van der Waals surface area contributed by atoms with Gasteiger partial charge in [-0.1, -0.05) is 17.7 Å². The molecule has 0 heterocycles. The van der Waals surface area contributed by atoms with Crippen LogP contribution in [-0.4, -0.2) is 27.2 Å². The second-order valence-corrected chi connectivity index (χ2v) is 5.59. The van der Waals surface area contributed by atoms with Crippen molar-refractivity contribution >= 4 is 17.5 Å². The molecule has 0 bridgehead atoms. The summed E-state index contributed by atoms with van der Waals surface area (Å²) >= 11 is 5.98. The van der Waals surface area contributed by atoms with Gasteiger partial charge in [0, 0.05) is 5.02 Å². The Morgan fingerprint density at radius 1 is 0.958 bits per heavy atom. The van der Waals surface area contributed by atoms with Gasteiger partial charge >= 0.3 is 0 Å². The minimum atomic E-state index is -0.267. The molecule has 128 valence electrons. The number of halogens is 1. The number of methoxy groups -OCH3 is 3. The van der Waals surface area contributed by atoms with Gasteiger partial charge in [-0.2, -0.15) is 0 Å². The number of nitrogens with one attached hydrogen (secondary N) is 1. The van der Waals surface area contributed by atoms with Gasteiger partial charge < -0.3 is 19.5 Å². The van der Waals surface area contributed by atoms with Crippen LogP contribution in [0.1, 0.15) is 28.9 Å². The van der Waals surface area contributed by atoms with E-state index < -0.39 is 0 Å². The molecule has 0 aliphatic heterocycles.